The van der Waals surface area contributed by atoms with Crippen molar-refractivity contribution >= 4 is 17.0 Å². The van der Waals surface area contributed by atoms with E-state index in [4.69, 9.17) is 4.74 Å². The van der Waals surface area contributed by atoms with Gasteiger partial charge in [-0.3, -0.25) is 0 Å². The average molecular weight is 333 g/mol. The number of fused-ring (bicyclic) bond motifs is 1. The van der Waals surface area contributed by atoms with Crippen LogP contribution in [-0.2, 0) is 0 Å². The number of ether oxygens (including phenoxy) is 1. The molecule has 0 amide bonds. The molecular formula is C19H15N3O3. The zero-order chi connectivity index (χ0) is 17.4. The summed E-state index contributed by atoms with van der Waals surface area (Å²) in [6.45, 7) is 1.75. The van der Waals surface area contributed by atoms with Crippen molar-refractivity contribution in [2.75, 3.05) is 0 Å². The normalized spacial score (nSPS) is 10.9. The smallest absolute Gasteiger partial charge is 0.336 e. The summed E-state index contributed by atoms with van der Waals surface area (Å²) in [7, 11) is 0. The van der Waals surface area contributed by atoms with Gasteiger partial charge in [-0.1, -0.05) is 24.3 Å². The summed E-state index contributed by atoms with van der Waals surface area (Å²) in [5.41, 5.74) is 3.54. The third-order valence-corrected chi connectivity index (χ3v) is 3.98. The van der Waals surface area contributed by atoms with Crippen molar-refractivity contribution < 1.29 is 14.6 Å². The second-order valence-corrected chi connectivity index (χ2v) is 5.73. The molecule has 124 valence electrons. The van der Waals surface area contributed by atoms with Gasteiger partial charge in [0.05, 0.1) is 11.1 Å². The molecule has 0 aliphatic carbocycles. The molecule has 2 heterocycles. The highest BCUT2D eigenvalue weighted by Crippen LogP contribution is 2.25. The zero-order valence-corrected chi connectivity index (χ0v) is 13.4. The van der Waals surface area contributed by atoms with Gasteiger partial charge in [-0.25, -0.2) is 4.79 Å². The summed E-state index contributed by atoms with van der Waals surface area (Å²) in [4.78, 5) is 18.7. The highest BCUT2D eigenvalue weighted by atomic mass is 16.5. The van der Waals surface area contributed by atoms with Gasteiger partial charge in [0.2, 0.25) is 0 Å². The monoisotopic (exact) mass is 333 g/mol. The Balaban J connectivity index is 1.62. The molecule has 0 saturated heterocycles. The summed E-state index contributed by atoms with van der Waals surface area (Å²) >= 11 is 0. The predicted octanol–water partition coefficient (Wildman–Crippen LogP) is 4.15. The van der Waals surface area contributed by atoms with Crippen LogP contribution in [0.1, 0.15) is 15.9 Å². The van der Waals surface area contributed by atoms with E-state index in [2.05, 4.69) is 9.97 Å². The Bertz CT molecular complexity index is 1030. The van der Waals surface area contributed by atoms with Gasteiger partial charge in [0.25, 0.3) is 6.01 Å². The van der Waals surface area contributed by atoms with Gasteiger partial charge in [-0.15, -0.1) is 0 Å². The Morgan fingerprint density at radius 1 is 1.16 bits per heavy atom. The molecule has 2 aromatic heterocycles. The maximum Gasteiger partial charge on any atom is 0.336 e. The number of rotatable bonds is 4. The molecule has 0 fully saturated rings. The number of hydrogen-bond donors (Lipinski definition) is 2. The zero-order valence-electron chi connectivity index (χ0n) is 13.4. The number of aromatic nitrogens is 3. The lowest BCUT2D eigenvalue weighted by Crippen LogP contribution is -2.00. The summed E-state index contributed by atoms with van der Waals surface area (Å²) in [5, 5.41) is 9.19. The van der Waals surface area contributed by atoms with Gasteiger partial charge in [-0.2, -0.15) is 4.98 Å². The maximum absolute atomic E-state index is 11.2. The first-order chi connectivity index (χ1) is 12.1. The molecule has 0 atom stereocenters. The van der Waals surface area contributed by atoms with Gasteiger partial charge >= 0.3 is 5.97 Å². The molecule has 0 saturated carbocycles. The molecule has 4 rings (SSSR count). The van der Waals surface area contributed by atoms with Crippen molar-refractivity contribution in [3.05, 3.63) is 72.1 Å². The molecule has 4 aromatic rings. The van der Waals surface area contributed by atoms with Crippen molar-refractivity contribution in [2.24, 2.45) is 0 Å². The lowest BCUT2D eigenvalue weighted by molar-refractivity contribution is 0.0695. The van der Waals surface area contributed by atoms with Crippen LogP contribution in [0.3, 0.4) is 0 Å². The quantitative estimate of drug-likeness (QED) is 0.588. The van der Waals surface area contributed by atoms with E-state index < -0.39 is 5.97 Å². The molecular weight excluding hydrogens is 318 g/mol. The number of hydrogen-bond acceptors (Lipinski definition) is 3. The van der Waals surface area contributed by atoms with Gasteiger partial charge in [0.1, 0.15) is 11.3 Å². The van der Waals surface area contributed by atoms with Crippen LogP contribution in [0.25, 0.3) is 16.7 Å². The van der Waals surface area contributed by atoms with Crippen LogP contribution < -0.4 is 4.74 Å². The first kappa shape index (κ1) is 15.0. The number of aryl methyl sites for hydroxylation is 1. The number of imidazole rings is 1. The number of H-pyrrole nitrogens is 1. The number of benzene rings is 2. The molecule has 6 heteroatoms. The molecule has 25 heavy (non-hydrogen) atoms. The molecule has 0 unspecified atom stereocenters. The number of carboxylic acids is 1. The third-order valence-electron chi connectivity index (χ3n) is 3.98. The van der Waals surface area contributed by atoms with Crippen LogP contribution in [-0.4, -0.2) is 25.6 Å². The minimum Gasteiger partial charge on any atom is -0.478 e. The second kappa shape index (κ2) is 5.83. The molecule has 0 aliphatic rings. The first-order valence-electron chi connectivity index (χ1n) is 7.75. The highest BCUT2D eigenvalue weighted by Gasteiger charge is 2.12. The number of carbonyl (C=O) groups is 1. The molecule has 0 aliphatic heterocycles. The van der Waals surface area contributed by atoms with E-state index in [0.717, 1.165) is 16.7 Å². The molecule has 2 N–H and O–H groups in total. The largest absolute Gasteiger partial charge is 0.478 e. The first-order valence-corrected chi connectivity index (χ1v) is 7.75. The second-order valence-electron chi connectivity index (χ2n) is 5.73. The SMILES string of the molecule is Cc1ccc(Oc2nc3cn(-c4ccccc4)cc3[nH]2)cc1C(=O)O. The van der Waals surface area contributed by atoms with Crippen LogP contribution >= 0.6 is 0 Å². The van der Waals surface area contributed by atoms with Crippen molar-refractivity contribution in [1.82, 2.24) is 14.5 Å². The highest BCUT2D eigenvalue weighted by molar-refractivity contribution is 5.89. The summed E-state index contributed by atoms with van der Waals surface area (Å²) in [6, 6.07) is 15.2. The van der Waals surface area contributed by atoms with Gasteiger partial charge in [-0.05, 0) is 36.8 Å². The standard InChI is InChI=1S/C19H15N3O3/c1-12-7-8-14(9-15(12)18(23)24)25-19-20-16-10-22(11-17(16)21-19)13-5-3-2-4-6-13/h2-11H,1H3,(H,20,21)(H,23,24). The van der Waals surface area contributed by atoms with E-state index >= 15 is 0 Å². The van der Waals surface area contributed by atoms with Gasteiger partial charge in [0, 0.05) is 18.1 Å². The van der Waals surface area contributed by atoms with Crippen LogP contribution in [0.15, 0.2) is 60.9 Å². The average Bonchev–Trinajstić information content (AvgIpc) is 3.15. The van der Waals surface area contributed by atoms with E-state index in [1.54, 1.807) is 19.1 Å². The van der Waals surface area contributed by atoms with E-state index in [-0.39, 0.29) is 5.56 Å². The molecule has 6 nitrogen and oxygen atoms in total. The fourth-order valence-electron chi connectivity index (χ4n) is 2.69. The predicted molar refractivity (Wildman–Crippen MR) is 93.6 cm³/mol. The molecule has 0 spiro atoms. The fourth-order valence-corrected chi connectivity index (χ4v) is 2.69. The maximum atomic E-state index is 11.2. The lowest BCUT2D eigenvalue weighted by atomic mass is 10.1. The van der Waals surface area contributed by atoms with Crippen molar-refractivity contribution in [3.63, 3.8) is 0 Å². The minimum atomic E-state index is -0.981. The summed E-state index contributed by atoms with van der Waals surface area (Å²) in [5.74, 6) is -0.555. The van der Waals surface area contributed by atoms with E-state index in [1.807, 2.05) is 47.3 Å². The Labute approximate surface area is 143 Å². The number of nitrogens with zero attached hydrogens (tertiary/aromatic N) is 2. The van der Waals surface area contributed by atoms with E-state index in [9.17, 15) is 9.90 Å². The Morgan fingerprint density at radius 2 is 1.96 bits per heavy atom. The van der Waals surface area contributed by atoms with Crippen LogP contribution in [0.4, 0.5) is 0 Å². The van der Waals surface area contributed by atoms with Crippen molar-refractivity contribution in [1.29, 1.82) is 0 Å². The molecule has 2 aromatic carbocycles. The Hall–Kier alpha value is -3.54. The third kappa shape index (κ3) is 2.85. The molecule has 0 radical (unpaired) electrons. The number of aromatic amines is 1. The van der Waals surface area contributed by atoms with Gasteiger partial charge in [0.15, 0.2) is 0 Å². The van der Waals surface area contributed by atoms with Gasteiger partial charge < -0.3 is 19.4 Å². The number of aromatic carboxylic acids is 1. The van der Waals surface area contributed by atoms with Crippen molar-refractivity contribution in [3.8, 4) is 17.4 Å². The lowest BCUT2D eigenvalue weighted by Gasteiger charge is -2.05. The van der Waals surface area contributed by atoms with Crippen molar-refractivity contribution in [2.45, 2.75) is 6.92 Å². The summed E-state index contributed by atoms with van der Waals surface area (Å²) < 4.78 is 7.65. The van der Waals surface area contributed by atoms with Crippen LogP contribution in [0.5, 0.6) is 11.8 Å². The summed E-state index contributed by atoms with van der Waals surface area (Å²) in [6.07, 6.45) is 3.84. The van der Waals surface area contributed by atoms with E-state index in [1.165, 1.54) is 6.07 Å². The van der Waals surface area contributed by atoms with Crippen LogP contribution in [0.2, 0.25) is 0 Å². The number of nitrogens with one attached hydrogen (secondary N) is 1. The van der Waals surface area contributed by atoms with E-state index in [0.29, 0.717) is 17.3 Å². The Kier molecular flexibility index (Phi) is 3.50. The molecule has 0 bridgehead atoms. The fraction of sp³-hybridized carbons (Fsp3) is 0.0526. The number of carboxylic acid groups (broad SMARTS) is 1. The number of para-hydroxylation sites is 1. The topological polar surface area (TPSA) is 80.1 Å². The Morgan fingerprint density at radius 3 is 2.68 bits per heavy atom. The minimum absolute atomic E-state index is 0.213. The van der Waals surface area contributed by atoms with Crippen LogP contribution in [0, 0.1) is 6.92 Å².